The Morgan fingerprint density at radius 3 is 3.05 bits per heavy atom. The number of likely N-dealkylation sites (tertiary alicyclic amines) is 1. The van der Waals surface area contributed by atoms with Crippen LogP contribution in [0.2, 0.25) is 0 Å². The summed E-state index contributed by atoms with van der Waals surface area (Å²) in [7, 11) is 0. The normalized spacial score (nSPS) is 23.7. The van der Waals surface area contributed by atoms with Gasteiger partial charge in [0, 0.05) is 25.1 Å². The highest BCUT2D eigenvalue weighted by Crippen LogP contribution is 2.27. The molecule has 3 nitrogen and oxygen atoms in total. The fourth-order valence-electron chi connectivity index (χ4n) is 3.84. The summed E-state index contributed by atoms with van der Waals surface area (Å²) in [5.74, 6) is 0.281. The van der Waals surface area contributed by atoms with E-state index in [1.165, 1.54) is 28.2 Å². The number of hydrogen-bond donors (Lipinski definition) is 1. The fraction of sp³-hybridized carbons (Fsp3) is 0.389. The molecule has 0 saturated carbocycles. The third-order valence-electron chi connectivity index (χ3n) is 4.94. The molecule has 0 bridgehead atoms. The molecule has 2 atom stereocenters. The van der Waals surface area contributed by atoms with Crippen LogP contribution in [0.4, 0.5) is 5.69 Å². The lowest BCUT2D eigenvalue weighted by Crippen LogP contribution is -3.11. The molecule has 1 fully saturated rings. The predicted octanol–water partition coefficient (Wildman–Crippen LogP) is 2.06. The number of hydrogen-bond acceptors (Lipinski definition) is 2. The first-order valence-corrected chi connectivity index (χ1v) is 8.97. The zero-order valence-electron chi connectivity index (χ0n) is 12.6. The summed E-state index contributed by atoms with van der Waals surface area (Å²) in [5, 5.41) is 2.14. The molecule has 1 unspecified atom stereocenters. The molecule has 1 amide bonds. The van der Waals surface area contributed by atoms with Crippen LogP contribution >= 0.6 is 11.3 Å². The van der Waals surface area contributed by atoms with Gasteiger partial charge in [0.2, 0.25) is 0 Å². The third kappa shape index (κ3) is 2.46. The van der Waals surface area contributed by atoms with Gasteiger partial charge in [-0.2, -0.15) is 0 Å². The minimum atomic E-state index is 0.281. The van der Waals surface area contributed by atoms with Crippen molar-refractivity contribution in [2.24, 2.45) is 0 Å². The van der Waals surface area contributed by atoms with Crippen molar-refractivity contribution in [3.8, 4) is 0 Å². The number of amides is 1. The van der Waals surface area contributed by atoms with Crippen LogP contribution in [-0.4, -0.2) is 25.5 Å². The summed E-state index contributed by atoms with van der Waals surface area (Å²) in [4.78, 5) is 17.7. The average molecular weight is 313 g/mol. The SMILES string of the molecule is O=C(C[NH+]1CCC[C@@H]1c1cccs1)N1CCc2ccccc21. The summed E-state index contributed by atoms with van der Waals surface area (Å²) in [6.45, 7) is 2.58. The Labute approximate surface area is 135 Å². The number of nitrogens with one attached hydrogen (secondary N) is 1. The number of anilines is 1. The molecule has 1 N–H and O–H groups in total. The highest BCUT2D eigenvalue weighted by atomic mass is 32.1. The highest BCUT2D eigenvalue weighted by Gasteiger charge is 2.34. The largest absolute Gasteiger partial charge is 0.320 e. The van der Waals surface area contributed by atoms with Crippen LogP contribution in [0.5, 0.6) is 0 Å². The molecule has 114 valence electrons. The second-order valence-electron chi connectivity index (χ2n) is 6.22. The van der Waals surface area contributed by atoms with E-state index >= 15 is 0 Å². The standard InChI is InChI=1S/C18H20N2OS/c21-18(20-11-9-14-5-1-2-6-15(14)20)13-19-10-3-7-16(19)17-8-4-12-22-17/h1-2,4-6,8,12,16H,3,7,9-11,13H2/p+1/t16-/m1/s1. The van der Waals surface area contributed by atoms with E-state index in [2.05, 4.69) is 35.7 Å². The minimum Gasteiger partial charge on any atom is -0.320 e. The Morgan fingerprint density at radius 2 is 2.18 bits per heavy atom. The Balaban J connectivity index is 1.48. The molecule has 4 rings (SSSR count). The molecule has 1 saturated heterocycles. The van der Waals surface area contributed by atoms with Crippen molar-refractivity contribution in [1.29, 1.82) is 0 Å². The molecule has 2 aromatic rings. The Kier molecular flexibility index (Phi) is 3.72. The Morgan fingerprint density at radius 1 is 1.27 bits per heavy atom. The van der Waals surface area contributed by atoms with Gasteiger partial charge in [-0.25, -0.2) is 0 Å². The van der Waals surface area contributed by atoms with Gasteiger partial charge in [0.1, 0.15) is 6.04 Å². The van der Waals surface area contributed by atoms with Gasteiger partial charge in [-0.3, -0.25) is 4.79 Å². The van der Waals surface area contributed by atoms with E-state index in [4.69, 9.17) is 0 Å². The number of para-hydroxylation sites is 1. The van der Waals surface area contributed by atoms with E-state index in [0.29, 0.717) is 12.6 Å². The molecule has 0 radical (unpaired) electrons. The molecule has 1 aromatic heterocycles. The van der Waals surface area contributed by atoms with Crippen molar-refractivity contribution in [3.63, 3.8) is 0 Å². The highest BCUT2D eigenvalue weighted by molar-refractivity contribution is 7.10. The van der Waals surface area contributed by atoms with E-state index in [-0.39, 0.29) is 5.91 Å². The predicted molar refractivity (Wildman–Crippen MR) is 89.5 cm³/mol. The van der Waals surface area contributed by atoms with Crippen molar-refractivity contribution in [2.75, 3.05) is 24.5 Å². The molecule has 3 heterocycles. The summed E-state index contributed by atoms with van der Waals surface area (Å²) in [6.07, 6.45) is 3.42. The van der Waals surface area contributed by atoms with Gasteiger partial charge in [0.25, 0.3) is 5.91 Å². The van der Waals surface area contributed by atoms with Crippen molar-refractivity contribution < 1.29 is 9.69 Å². The van der Waals surface area contributed by atoms with Crippen molar-refractivity contribution >= 4 is 22.9 Å². The quantitative estimate of drug-likeness (QED) is 0.922. The maximum atomic E-state index is 12.8. The van der Waals surface area contributed by atoms with Crippen molar-refractivity contribution in [3.05, 3.63) is 52.2 Å². The monoisotopic (exact) mass is 313 g/mol. The lowest BCUT2D eigenvalue weighted by molar-refractivity contribution is -0.910. The Hall–Kier alpha value is -1.65. The van der Waals surface area contributed by atoms with Crippen LogP contribution in [0.25, 0.3) is 0 Å². The zero-order chi connectivity index (χ0) is 14.9. The summed E-state index contributed by atoms with van der Waals surface area (Å²) >= 11 is 1.83. The van der Waals surface area contributed by atoms with E-state index in [1.807, 2.05) is 22.3 Å². The van der Waals surface area contributed by atoms with Crippen LogP contribution in [-0.2, 0) is 11.2 Å². The molecule has 22 heavy (non-hydrogen) atoms. The lowest BCUT2D eigenvalue weighted by atomic mass is 10.2. The van der Waals surface area contributed by atoms with Gasteiger partial charge < -0.3 is 9.80 Å². The number of thiophene rings is 1. The van der Waals surface area contributed by atoms with Crippen LogP contribution in [0, 0.1) is 0 Å². The van der Waals surface area contributed by atoms with Gasteiger partial charge in [-0.1, -0.05) is 24.3 Å². The van der Waals surface area contributed by atoms with E-state index < -0.39 is 0 Å². The number of rotatable bonds is 3. The fourth-order valence-corrected chi connectivity index (χ4v) is 4.76. The molecule has 0 aliphatic carbocycles. The maximum Gasteiger partial charge on any atom is 0.282 e. The molecule has 2 aliphatic rings. The van der Waals surface area contributed by atoms with Gasteiger partial charge in [-0.15, -0.1) is 11.3 Å². The van der Waals surface area contributed by atoms with E-state index in [0.717, 1.165) is 25.2 Å². The molecule has 4 heteroatoms. The summed E-state index contributed by atoms with van der Waals surface area (Å²) in [6, 6.07) is 13.2. The van der Waals surface area contributed by atoms with Gasteiger partial charge in [0.15, 0.2) is 6.54 Å². The number of carbonyl (C=O) groups is 1. The molecule has 1 aromatic carbocycles. The van der Waals surface area contributed by atoms with Gasteiger partial charge in [-0.05, 0) is 29.5 Å². The lowest BCUT2D eigenvalue weighted by Gasteiger charge is -2.23. The molecular weight excluding hydrogens is 292 g/mol. The second kappa shape index (κ2) is 5.86. The zero-order valence-corrected chi connectivity index (χ0v) is 13.4. The third-order valence-corrected chi connectivity index (χ3v) is 5.92. The number of carbonyl (C=O) groups excluding carboxylic acids is 1. The number of nitrogens with zero attached hydrogens (tertiary/aromatic N) is 1. The van der Waals surface area contributed by atoms with Crippen LogP contribution < -0.4 is 9.80 Å². The number of fused-ring (bicyclic) bond motifs is 1. The smallest absolute Gasteiger partial charge is 0.282 e. The van der Waals surface area contributed by atoms with E-state index in [1.54, 1.807) is 0 Å². The number of benzene rings is 1. The molecular formula is C18H21N2OS+. The van der Waals surface area contributed by atoms with Crippen LogP contribution in [0.3, 0.4) is 0 Å². The molecule has 2 aliphatic heterocycles. The van der Waals surface area contributed by atoms with Gasteiger partial charge >= 0.3 is 0 Å². The van der Waals surface area contributed by atoms with Gasteiger partial charge in [0.05, 0.1) is 11.4 Å². The summed E-state index contributed by atoms with van der Waals surface area (Å²) < 4.78 is 0. The molecule has 0 spiro atoms. The second-order valence-corrected chi connectivity index (χ2v) is 7.20. The van der Waals surface area contributed by atoms with Crippen molar-refractivity contribution in [1.82, 2.24) is 0 Å². The first-order chi connectivity index (χ1) is 10.8. The number of quaternary nitrogens is 1. The topological polar surface area (TPSA) is 24.8 Å². The Bertz CT molecular complexity index is 667. The minimum absolute atomic E-state index is 0.281. The van der Waals surface area contributed by atoms with Crippen LogP contribution in [0.15, 0.2) is 41.8 Å². The summed E-state index contributed by atoms with van der Waals surface area (Å²) in [5.41, 5.74) is 2.43. The average Bonchev–Trinajstić information content (AvgIpc) is 3.27. The maximum absolute atomic E-state index is 12.8. The first kappa shape index (κ1) is 14.0. The van der Waals surface area contributed by atoms with Crippen molar-refractivity contribution in [2.45, 2.75) is 25.3 Å². The van der Waals surface area contributed by atoms with E-state index in [9.17, 15) is 4.79 Å². The first-order valence-electron chi connectivity index (χ1n) is 8.09. The van der Waals surface area contributed by atoms with Crippen LogP contribution in [0.1, 0.15) is 29.3 Å².